The summed E-state index contributed by atoms with van der Waals surface area (Å²) in [6, 6.07) is 15.1. The van der Waals surface area contributed by atoms with Gasteiger partial charge in [-0.05, 0) is 50.1 Å². The van der Waals surface area contributed by atoms with E-state index >= 15 is 0 Å². The predicted molar refractivity (Wildman–Crippen MR) is 139 cm³/mol. The molecule has 1 atom stereocenters. The Balaban J connectivity index is 1.72. The highest BCUT2D eigenvalue weighted by Gasteiger charge is 2.42. The number of nitriles is 1. The Hall–Kier alpha value is -4.13. The van der Waals surface area contributed by atoms with E-state index in [-0.39, 0.29) is 28.0 Å². The molecule has 3 aromatic rings. The van der Waals surface area contributed by atoms with Crippen LogP contribution in [-0.4, -0.2) is 20.5 Å². The molecule has 0 amide bonds. The first-order valence-electron chi connectivity index (χ1n) is 11.4. The average molecular weight is 535 g/mol. The van der Waals surface area contributed by atoms with Crippen LogP contribution < -0.4 is 10.6 Å². The third-order valence-electron chi connectivity index (χ3n) is 6.62. The summed E-state index contributed by atoms with van der Waals surface area (Å²) in [5, 5.41) is 26.8. The number of nitro groups is 1. The van der Waals surface area contributed by atoms with Gasteiger partial charge in [-0.3, -0.25) is 19.8 Å². The fraction of sp³-hybridized carbons (Fsp3) is 0.192. The molecule has 2 aromatic carbocycles. The van der Waals surface area contributed by atoms with Crippen molar-refractivity contribution in [2.24, 2.45) is 5.73 Å². The zero-order valence-corrected chi connectivity index (χ0v) is 21.1. The summed E-state index contributed by atoms with van der Waals surface area (Å²) in [5.41, 5.74) is 9.99. The van der Waals surface area contributed by atoms with E-state index in [2.05, 4.69) is 11.2 Å². The second-order valence-electron chi connectivity index (χ2n) is 8.77. The Morgan fingerprint density at radius 1 is 1.16 bits per heavy atom. The minimum absolute atomic E-state index is 0.0774. The van der Waals surface area contributed by atoms with Crippen LogP contribution in [0.5, 0.6) is 0 Å². The van der Waals surface area contributed by atoms with E-state index in [1.807, 2.05) is 0 Å². The summed E-state index contributed by atoms with van der Waals surface area (Å²) < 4.78 is 1.53. The molecular weight excluding hydrogens is 515 g/mol. The van der Waals surface area contributed by atoms with Gasteiger partial charge in [0.2, 0.25) is 0 Å². The summed E-state index contributed by atoms with van der Waals surface area (Å²) in [7, 11) is 0. The molecule has 1 unspecified atom stereocenters. The second-order valence-corrected chi connectivity index (χ2v) is 9.57. The van der Waals surface area contributed by atoms with Crippen molar-refractivity contribution >= 4 is 40.4 Å². The summed E-state index contributed by atoms with van der Waals surface area (Å²) in [6.45, 7) is 1.77. The number of nitrogens with zero attached hydrogens (tertiary/aromatic N) is 5. The number of aryl methyl sites for hydroxylation is 1. The second kappa shape index (κ2) is 9.39. The van der Waals surface area contributed by atoms with Crippen LogP contribution in [0.3, 0.4) is 0 Å². The third kappa shape index (κ3) is 4.04. The van der Waals surface area contributed by atoms with Gasteiger partial charge in [-0.25, -0.2) is 4.68 Å². The zero-order valence-electron chi connectivity index (χ0n) is 19.6. The van der Waals surface area contributed by atoms with Crippen molar-refractivity contribution in [2.45, 2.75) is 32.1 Å². The average Bonchev–Trinajstić information content (AvgIpc) is 3.17. The molecule has 2 aliphatic rings. The highest BCUT2D eigenvalue weighted by Crippen LogP contribution is 2.48. The van der Waals surface area contributed by atoms with Crippen LogP contribution in [0.25, 0.3) is 5.69 Å². The third-order valence-corrected chi connectivity index (χ3v) is 7.22. The van der Waals surface area contributed by atoms with Gasteiger partial charge >= 0.3 is 0 Å². The number of carbonyl (C=O) groups is 1. The molecule has 186 valence electrons. The van der Waals surface area contributed by atoms with Crippen molar-refractivity contribution in [3.05, 3.63) is 103 Å². The summed E-state index contributed by atoms with van der Waals surface area (Å²) in [6.07, 6.45) is 1.46. The quantitative estimate of drug-likeness (QED) is 0.335. The molecule has 0 saturated heterocycles. The van der Waals surface area contributed by atoms with Crippen molar-refractivity contribution in [1.29, 1.82) is 5.26 Å². The lowest BCUT2D eigenvalue weighted by Gasteiger charge is -2.39. The van der Waals surface area contributed by atoms with Gasteiger partial charge < -0.3 is 5.73 Å². The Bertz CT molecular complexity index is 1570. The standard InChI is InChI=1S/C26H20Cl2N6O3/c1-14-22(25(28)33(31-14)18-5-2-4-15(27)12-18)23-19(13-29)26(30)32(20-6-3-7-21(35)24(20)23)16-8-10-17(11-9-16)34(36)37/h2,4-5,8-12,23H,3,6-7,30H2,1H3. The number of halogens is 2. The number of rotatable bonds is 4. The van der Waals surface area contributed by atoms with E-state index in [1.54, 1.807) is 48.2 Å². The van der Waals surface area contributed by atoms with Crippen LogP contribution in [0.15, 0.2) is 71.2 Å². The smallest absolute Gasteiger partial charge is 0.269 e. The minimum atomic E-state index is -0.803. The number of nitrogens with two attached hydrogens (primary N) is 1. The van der Waals surface area contributed by atoms with Crippen LogP contribution in [0.4, 0.5) is 11.4 Å². The van der Waals surface area contributed by atoms with Gasteiger partial charge in [-0.15, -0.1) is 0 Å². The fourth-order valence-electron chi connectivity index (χ4n) is 5.01. The lowest BCUT2D eigenvalue weighted by atomic mass is 9.75. The number of hydrogen-bond donors (Lipinski definition) is 1. The molecule has 2 N–H and O–H groups in total. The number of allylic oxidation sites excluding steroid dienone is 3. The maximum absolute atomic E-state index is 13.4. The van der Waals surface area contributed by atoms with E-state index in [4.69, 9.17) is 28.9 Å². The largest absolute Gasteiger partial charge is 0.384 e. The summed E-state index contributed by atoms with van der Waals surface area (Å²) in [4.78, 5) is 25.7. The van der Waals surface area contributed by atoms with Crippen LogP contribution in [0, 0.1) is 28.4 Å². The molecule has 1 aliphatic carbocycles. The molecule has 0 radical (unpaired) electrons. The SMILES string of the molecule is Cc1nn(-c2cccc(Cl)c2)c(Cl)c1C1C(C#N)=C(N)N(c2ccc([N+](=O)[O-])cc2)C2=C1C(=O)CCC2. The molecule has 37 heavy (non-hydrogen) atoms. The number of aromatic nitrogens is 2. The molecule has 0 spiro atoms. The summed E-state index contributed by atoms with van der Waals surface area (Å²) >= 11 is 13.0. The molecule has 0 fully saturated rings. The molecule has 1 aliphatic heterocycles. The number of carbonyl (C=O) groups excluding carboxylic acids is 1. The molecule has 0 saturated carbocycles. The number of benzene rings is 2. The summed E-state index contributed by atoms with van der Waals surface area (Å²) in [5.74, 6) is -0.771. The molecule has 2 heterocycles. The Labute approximate surface area is 222 Å². The lowest BCUT2D eigenvalue weighted by molar-refractivity contribution is -0.384. The number of anilines is 1. The van der Waals surface area contributed by atoms with Gasteiger partial charge in [0, 0.05) is 46.1 Å². The van der Waals surface area contributed by atoms with Gasteiger partial charge in [0.25, 0.3) is 5.69 Å². The van der Waals surface area contributed by atoms with Crippen molar-refractivity contribution < 1.29 is 9.72 Å². The lowest BCUT2D eigenvalue weighted by Crippen LogP contribution is -2.38. The van der Waals surface area contributed by atoms with Gasteiger partial charge in [0.15, 0.2) is 5.78 Å². The Morgan fingerprint density at radius 2 is 1.89 bits per heavy atom. The number of Topliss-reactive ketones (excluding diaryl/α,β-unsaturated/α-hetero) is 1. The van der Waals surface area contributed by atoms with Crippen LogP contribution in [-0.2, 0) is 4.79 Å². The fourth-order valence-corrected chi connectivity index (χ4v) is 5.58. The monoisotopic (exact) mass is 534 g/mol. The minimum Gasteiger partial charge on any atom is -0.384 e. The molecule has 1 aromatic heterocycles. The Kier molecular flexibility index (Phi) is 6.23. The number of hydrogen-bond acceptors (Lipinski definition) is 7. The Morgan fingerprint density at radius 3 is 2.54 bits per heavy atom. The van der Waals surface area contributed by atoms with E-state index < -0.39 is 10.8 Å². The zero-order chi connectivity index (χ0) is 26.4. The van der Waals surface area contributed by atoms with Gasteiger partial charge in [-0.2, -0.15) is 10.4 Å². The maximum Gasteiger partial charge on any atom is 0.269 e. The number of non-ortho nitro benzene ring substituents is 1. The maximum atomic E-state index is 13.4. The first-order valence-corrected chi connectivity index (χ1v) is 12.2. The van der Waals surface area contributed by atoms with E-state index in [0.717, 1.165) is 0 Å². The van der Waals surface area contributed by atoms with Crippen molar-refractivity contribution in [3.8, 4) is 11.8 Å². The van der Waals surface area contributed by atoms with Crippen LogP contribution >= 0.6 is 23.2 Å². The predicted octanol–water partition coefficient (Wildman–Crippen LogP) is 5.70. The van der Waals surface area contributed by atoms with Gasteiger partial charge in [0.05, 0.1) is 33.9 Å². The number of nitro benzene ring substituents is 1. The molecular formula is C26H20Cl2N6O3. The van der Waals surface area contributed by atoms with E-state index in [1.165, 1.54) is 16.8 Å². The van der Waals surface area contributed by atoms with E-state index in [9.17, 15) is 20.2 Å². The molecule has 9 nitrogen and oxygen atoms in total. The van der Waals surface area contributed by atoms with Gasteiger partial charge in [0.1, 0.15) is 11.0 Å². The molecule has 0 bridgehead atoms. The normalized spacial score (nSPS) is 17.6. The highest BCUT2D eigenvalue weighted by molar-refractivity contribution is 6.31. The number of ketones is 1. The highest BCUT2D eigenvalue weighted by atomic mass is 35.5. The molecule has 11 heteroatoms. The van der Waals surface area contributed by atoms with Crippen molar-refractivity contribution in [1.82, 2.24) is 9.78 Å². The van der Waals surface area contributed by atoms with Crippen molar-refractivity contribution in [3.63, 3.8) is 0 Å². The molecule has 5 rings (SSSR count). The van der Waals surface area contributed by atoms with Gasteiger partial charge in [-0.1, -0.05) is 29.3 Å². The first kappa shape index (κ1) is 24.6. The van der Waals surface area contributed by atoms with Crippen LogP contribution in [0.1, 0.15) is 36.4 Å². The first-order chi connectivity index (χ1) is 17.7. The van der Waals surface area contributed by atoms with Crippen LogP contribution in [0.2, 0.25) is 10.2 Å². The van der Waals surface area contributed by atoms with Crippen molar-refractivity contribution in [2.75, 3.05) is 4.90 Å². The topological polar surface area (TPSA) is 131 Å². The van der Waals surface area contributed by atoms with E-state index in [0.29, 0.717) is 58.2 Å².